The third kappa shape index (κ3) is 4.36. The van der Waals surface area contributed by atoms with Crippen LogP contribution in [0.25, 0.3) is 0 Å². The largest absolute Gasteiger partial charge is 0.496 e. The molecule has 7 heteroatoms. The summed E-state index contributed by atoms with van der Waals surface area (Å²) in [6, 6.07) is 5.59. The van der Waals surface area contributed by atoms with E-state index < -0.39 is 17.1 Å². The van der Waals surface area contributed by atoms with Gasteiger partial charge < -0.3 is 15.8 Å². The summed E-state index contributed by atoms with van der Waals surface area (Å²) in [5, 5.41) is 2.77. The Kier molecular flexibility index (Phi) is 5.59. The predicted molar refractivity (Wildman–Crippen MR) is 96.7 cm³/mol. The third-order valence-electron chi connectivity index (χ3n) is 3.80. The first-order valence-electron chi connectivity index (χ1n) is 8.05. The number of methoxy groups -OCH3 is 1. The van der Waals surface area contributed by atoms with Crippen LogP contribution < -0.4 is 15.8 Å². The Balaban J connectivity index is 2.34. The van der Waals surface area contributed by atoms with Crippen LogP contribution in [0.1, 0.15) is 42.4 Å². The number of aromatic nitrogens is 1. The first kappa shape index (κ1) is 19.4. The van der Waals surface area contributed by atoms with Crippen molar-refractivity contribution in [2.75, 3.05) is 12.4 Å². The highest BCUT2D eigenvalue weighted by atomic mass is 19.1. The lowest BCUT2D eigenvalue weighted by Crippen LogP contribution is -2.26. The lowest BCUT2D eigenvalue weighted by molar-refractivity contribution is -0.115. The number of primary amides is 1. The van der Waals surface area contributed by atoms with E-state index in [1.807, 2.05) is 20.8 Å². The molecular formula is C19H22FN3O3. The minimum Gasteiger partial charge on any atom is -0.496 e. The topological polar surface area (TPSA) is 94.3 Å². The molecule has 0 radical (unpaired) electrons. The van der Waals surface area contributed by atoms with Crippen molar-refractivity contribution in [1.29, 1.82) is 0 Å². The fraction of sp³-hybridized carbons (Fsp3) is 0.316. The van der Waals surface area contributed by atoms with E-state index >= 15 is 0 Å². The number of halogens is 1. The number of pyridine rings is 1. The quantitative estimate of drug-likeness (QED) is 0.858. The first-order chi connectivity index (χ1) is 12.1. The van der Waals surface area contributed by atoms with Gasteiger partial charge in [0.2, 0.25) is 5.91 Å². The van der Waals surface area contributed by atoms with Crippen LogP contribution in [0.2, 0.25) is 0 Å². The van der Waals surface area contributed by atoms with Crippen molar-refractivity contribution in [1.82, 2.24) is 4.98 Å². The molecule has 1 aromatic carbocycles. The van der Waals surface area contributed by atoms with E-state index in [9.17, 15) is 14.0 Å². The van der Waals surface area contributed by atoms with Gasteiger partial charge in [0, 0.05) is 23.0 Å². The Bertz CT molecular complexity index is 844. The zero-order valence-corrected chi connectivity index (χ0v) is 15.2. The van der Waals surface area contributed by atoms with E-state index in [1.54, 1.807) is 6.07 Å². The molecule has 6 nitrogen and oxygen atoms in total. The van der Waals surface area contributed by atoms with Crippen LogP contribution in [0.3, 0.4) is 0 Å². The number of amides is 2. The molecule has 0 unspecified atom stereocenters. The summed E-state index contributed by atoms with van der Waals surface area (Å²) in [6.07, 6.45) is 1.33. The summed E-state index contributed by atoms with van der Waals surface area (Å²) in [4.78, 5) is 28.2. The molecule has 2 amide bonds. The van der Waals surface area contributed by atoms with Gasteiger partial charge in [0.05, 0.1) is 13.5 Å². The smallest absolute Gasteiger partial charge is 0.267 e. The van der Waals surface area contributed by atoms with Gasteiger partial charge in [-0.25, -0.2) is 4.39 Å². The van der Waals surface area contributed by atoms with Gasteiger partial charge in [-0.2, -0.15) is 0 Å². The van der Waals surface area contributed by atoms with E-state index in [2.05, 4.69) is 10.3 Å². The molecule has 26 heavy (non-hydrogen) atoms. The minimum atomic E-state index is -0.669. The molecule has 0 aliphatic heterocycles. The second-order valence-electron chi connectivity index (χ2n) is 6.88. The van der Waals surface area contributed by atoms with Gasteiger partial charge in [0.15, 0.2) is 0 Å². The number of carbonyl (C=O) groups is 2. The van der Waals surface area contributed by atoms with E-state index in [1.165, 1.54) is 31.5 Å². The van der Waals surface area contributed by atoms with E-state index in [0.717, 1.165) is 0 Å². The molecule has 0 saturated heterocycles. The van der Waals surface area contributed by atoms with Crippen molar-refractivity contribution in [3.63, 3.8) is 0 Å². The fourth-order valence-corrected chi connectivity index (χ4v) is 2.76. The number of nitrogens with zero attached hydrogens (tertiary/aromatic N) is 1. The Morgan fingerprint density at radius 2 is 1.96 bits per heavy atom. The fourth-order valence-electron chi connectivity index (χ4n) is 2.76. The van der Waals surface area contributed by atoms with Crippen LogP contribution >= 0.6 is 0 Å². The molecular weight excluding hydrogens is 337 g/mol. The summed E-state index contributed by atoms with van der Waals surface area (Å²) in [6.45, 7) is 5.67. The van der Waals surface area contributed by atoms with Gasteiger partial charge in [0.25, 0.3) is 5.91 Å². The number of nitrogens with one attached hydrogen (secondary N) is 1. The highest BCUT2D eigenvalue weighted by Crippen LogP contribution is 2.32. The molecule has 2 rings (SSSR count). The Morgan fingerprint density at radius 3 is 2.54 bits per heavy atom. The van der Waals surface area contributed by atoms with E-state index in [4.69, 9.17) is 10.5 Å². The molecule has 0 spiro atoms. The van der Waals surface area contributed by atoms with Gasteiger partial charge in [0.1, 0.15) is 17.3 Å². The van der Waals surface area contributed by atoms with Crippen molar-refractivity contribution in [2.45, 2.75) is 32.6 Å². The van der Waals surface area contributed by atoms with Gasteiger partial charge in [-0.3, -0.25) is 14.6 Å². The molecule has 0 atom stereocenters. The summed E-state index contributed by atoms with van der Waals surface area (Å²) >= 11 is 0. The maximum absolute atomic E-state index is 13.5. The Morgan fingerprint density at radius 1 is 1.27 bits per heavy atom. The Labute approximate surface area is 151 Å². The number of nitrogens with two attached hydrogens (primary N) is 1. The maximum atomic E-state index is 13.5. The van der Waals surface area contributed by atoms with Gasteiger partial charge >= 0.3 is 0 Å². The molecule has 0 aliphatic carbocycles. The van der Waals surface area contributed by atoms with Crippen LogP contribution in [-0.4, -0.2) is 23.9 Å². The second-order valence-corrected chi connectivity index (χ2v) is 6.88. The van der Waals surface area contributed by atoms with Crippen molar-refractivity contribution in [3.8, 4) is 5.75 Å². The molecule has 2 aromatic rings. The monoisotopic (exact) mass is 359 g/mol. The number of hydrogen-bond acceptors (Lipinski definition) is 4. The zero-order chi connectivity index (χ0) is 19.5. The van der Waals surface area contributed by atoms with Crippen molar-refractivity contribution in [3.05, 3.63) is 53.1 Å². The molecule has 138 valence electrons. The van der Waals surface area contributed by atoms with Crippen LogP contribution in [-0.2, 0) is 16.6 Å². The summed E-state index contributed by atoms with van der Waals surface area (Å²) < 4.78 is 18.6. The van der Waals surface area contributed by atoms with Gasteiger partial charge in [-0.05, 0) is 29.7 Å². The lowest BCUT2D eigenvalue weighted by Gasteiger charge is -2.24. The first-order valence-corrected chi connectivity index (χ1v) is 8.05. The van der Waals surface area contributed by atoms with Crippen LogP contribution in [0.4, 0.5) is 10.1 Å². The zero-order valence-electron chi connectivity index (χ0n) is 15.2. The number of anilines is 1. The highest BCUT2D eigenvalue weighted by molar-refractivity contribution is 5.98. The molecule has 0 saturated carbocycles. The Hall–Kier alpha value is -2.96. The summed E-state index contributed by atoms with van der Waals surface area (Å²) in [7, 11) is 1.45. The molecule has 0 aliphatic rings. The predicted octanol–water partition coefficient (Wildman–Crippen LogP) is 2.81. The van der Waals surface area contributed by atoms with Crippen molar-refractivity contribution >= 4 is 17.5 Å². The third-order valence-corrected chi connectivity index (χ3v) is 3.80. The molecule has 1 heterocycles. The number of hydrogen-bond donors (Lipinski definition) is 2. The minimum absolute atomic E-state index is 0.0846. The van der Waals surface area contributed by atoms with Crippen LogP contribution in [0.5, 0.6) is 5.75 Å². The summed E-state index contributed by atoms with van der Waals surface area (Å²) in [5.41, 5.74) is 6.47. The number of rotatable bonds is 5. The average Bonchev–Trinajstić information content (AvgIpc) is 2.53. The van der Waals surface area contributed by atoms with Crippen molar-refractivity contribution < 1.29 is 18.7 Å². The number of ether oxygens (including phenoxy) is 1. The maximum Gasteiger partial charge on any atom is 0.267 e. The van der Waals surface area contributed by atoms with E-state index in [-0.39, 0.29) is 18.0 Å². The lowest BCUT2D eigenvalue weighted by atomic mass is 9.84. The average molecular weight is 359 g/mol. The normalized spacial score (nSPS) is 11.1. The van der Waals surface area contributed by atoms with Crippen molar-refractivity contribution in [2.24, 2.45) is 5.73 Å². The molecule has 0 fully saturated rings. The number of carbonyl (C=O) groups excluding carboxylic acids is 2. The standard InChI is InChI=1S/C19H22FN3O3/c1-19(2,3)16-13(7-8-22-17(16)18(21)25)23-15(24)10-11-9-12(20)5-6-14(11)26-4/h5-9H,10H2,1-4H3,(H2,21,25)(H,22,23,24). The van der Waals surface area contributed by atoms with Crippen LogP contribution in [0, 0.1) is 5.82 Å². The molecule has 0 bridgehead atoms. The van der Waals surface area contributed by atoms with E-state index in [0.29, 0.717) is 22.6 Å². The second kappa shape index (κ2) is 7.51. The highest BCUT2D eigenvalue weighted by Gasteiger charge is 2.26. The van der Waals surface area contributed by atoms with Gasteiger partial charge in [-0.1, -0.05) is 20.8 Å². The summed E-state index contributed by atoms with van der Waals surface area (Å²) in [5.74, 6) is -1.08. The van der Waals surface area contributed by atoms with Gasteiger partial charge in [-0.15, -0.1) is 0 Å². The van der Waals surface area contributed by atoms with Crippen LogP contribution in [0.15, 0.2) is 30.5 Å². The number of benzene rings is 1. The molecule has 1 aromatic heterocycles. The molecule has 3 N–H and O–H groups in total. The SMILES string of the molecule is COc1ccc(F)cc1CC(=O)Nc1ccnc(C(N)=O)c1C(C)(C)C.